The molecule has 1 amide bonds. The third-order valence-corrected chi connectivity index (χ3v) is 2.62. The molecule has 1 aliphatic heterocycles. The van der Waals surface area contributed by atoms with E-state index in [1.807, 2.05) is 18.2 Å². The van der Waals surface area contributed by atoms with Crippen molar-refractivity contribution in [2.45, 2.75) is 19.0 Å². The smallest absolute Gasteiger partial charge is 0.221 e. The van der Waals surface area contributed by atoms with Gasteiger partial charge in [0, 0.05) is 25.2 Å². The van der Waals surface area contributed by atoms with E-state index in [1.54, 1.807) is 6.20 Å². The van der Waals surface area contributed by atoms with Crippen molar-refractivity contribution in [3.63, 3.8) is 0 Å². The van der Waals surface area contributed by atoms with Crippen LogP contribution in [0.25, 0.3) is 0 Å². The fourth-order valence-electron chi connectivity index (χ4n) is 1.74. The van der Waals surface area contributed by atoms with Crippen LogP contribution >= 0.6 is 24.8 Å². The molecule has 1 atom stereocenters. The van der Waals surface area contributed by atoms with E-state index >= 15 is 0 Å². The SMILES string of the molecule is Cl.Cl.O=C(CC1COCCN1)NCc1ccccn1. The fraction of sp³-hybridized carbons (Fsp3) is 0.500. The number of hydrogen-bond donors (Lipinski definition) is 2. The molecule has 0 bridgehead atoms. The van der Waals surface area contributed by atoms with Crippen LogP contribution < -0.4 is 10.6 Å². The highest BCUT2D eigenvalue weighted by Gasteiger charge is 2.16. The Morgan fingerprint density at radius 1 is 1.47 bits per heavy atom. The van der Waals surface area contributed by atoms with Crippen molar-refractivity contribution in [3.05, 3.63) is 30.1 Å². The number of rotatable bonds is 4. The van der Waals surface area contributed by atoms with E-state index in [9.17, 15) is 4.79 Å². The van der Waals surface area contributed by atoms with Gasteiger partial charge in [0.15, 0.2) is 0 Å². The zero-order chi connectivity index (χ0) is 11.9. The maximum Gasteiger partial charge on any atom is 0.221 e. The largest absolute Gasteiger partial charge is 0.378 e. The molecule has 1 aromatic heterocycles. The van der Waals surface area contributed by atoms with Gasteiger partial charge in [-0.1, -0.05) is 6.07 Å². The summed E-state index contributed by atoms with van der Waals surface area (Å²) in [6.07, 6.45) is 2.17. The van der Waals surface area contributed by atoms with Crippen molar-refractivity contribution < 1.29 is 9.53 Å². The van der Waals surface area contributed by atoms with Gasteiger partial charge in [-0.15, -0.1) is 24.8 Å². The lowest BCUT2D eigenvalue weighted by atomic mass is 10.2. The van der Waals surface area contributed by atoms with Gasteiger partial charge in [0.05, 0.1) is 25.5 Å². The molecule has 1 aromatic rings. The first-order chi connectivity index (χ1) is 8.34. The molecule has 0 aliphatic carbocycles. The maximum atomic E-state index is 11.7. The van der Waals surface area contributed by atoms with Crippen LogP contribution in [0.3, 0.4) is 0 Å². The number of halogens is 2. The summed E-state index contributed by atoms with van der Waals surface area (Å²) in [6, 6.07) is 5.79. The number of hydrogen-bond acceptors (Lipinski definition) is 4. The van der Waals surface area contributed by atoms with Crippen LogP contribution in [0.4, 0.5) is 0 Å². The van der Waals surface area contributed by atoms with Crippen molar-refractivity contribution >= 4 is 30.7 Å². The molecule has 1 saturated heterocycles. The highest BCUT2D eigenvalue weighted by Crippen LogP contribution is 1.99. The molecule has 2 N–H and O–H groups in total. The van der Waals surface area contributed by atoms with Gasteiger partial charge in [0.2, 0.25) is 5.91 Å². The fourth-order valence-corrected chi connectivity index (χ4v) is 1.74. The Morgan fingerprint density at radius 2 is 2.32 bits per heavy atom. The van der Waals surface area contributed by atoms with Gasteiger partial charge in [0.1, 0.15) is 0 Å². The number of nitrogens with one attached hydrogen (secondary N) is 2. The minimum Gasteiger partial charge on any atom is -0.378 e. The van der Waals surface area contributed by atoms with Crippen molar-refractivity contribution in [2.75, 3.05) is 19.8 Å². The van der Waals surface area contributed by atoms with Crippen LogP contribution in [0, 0.1) is 0 Å². The summed E-state index contributed by atoms with van der Waals surface area (Å²) in [6.45, 7) is 2.63. The second-order valence-electron chi connectivity index (χ2n) is 4.03. The van der Waals surface area contributed by atoms with Crippen molar-refractivity contribution in [3.8, 4) is 0 Å². The monoisotopic (exact) mass is 307 g/mol. The van der Waals surface area contributed by atoms with Gasteiger partial charge in [-0.25, -0.2) is 0 Å². The minimum absolute atomic E-state index is 0. The molecule has 0 saturated carbocycles. The van der Waals surface area contributed by atoms with Gasteiger partial charge in [-0.05, 0) is 12.1 Å². The van der Waals surface area contributed by atoms with Crippen molar-refractivity contribution in [1.82, 2.24) is 15.6 Å². The lowest BCUT2D eigenvalue weighted by Gasteiger charge is -2.23. The topological polar surface area (TPSA) is 63.2 Å². The first kappa shape index (κ1) is 18.1. The normalized spacial score (nSPS) is 17.8. The standard InChI is InChI=1S/C12H17N3O2.2ClH/c16-12(7-11-9-17-6-5-14-11)15-8-10-3-1-2-4-13-10;;/h1-4,11,14H,5-9H2,(H,15,16);2*1H. The summed E-state index contributed by atoms with van der Waals surface area (Å²) in [4.78, 5) is 15.8. The van der Waals surface area contributed by atoms with Gasteiger partial charge >= 0.3 is 0 Å². The molecule has 108 valence electrons. The summed E-state index contributed by atoms with van der Waals surface area (Å²) in [5, 5.41) is 6.10. The number of carbonyl (C=O) groups excluding carboxylic acids is 1. The molecule has 1 unspecified atom stereocenters. The van der Waals surface area contributed by atoms with E-state index in [0.29, 0.717) is 19.6 Å². The van der Waals surface area contributed by atoms with E-state index in [0.717, 1.165) is 18.8 Å². The molecule has 19 heavy (non-hydrogen) atoms. The molecular weight excluding hydrogens is 289 g/mol. The summed E-state index contributed by atoms with van der Waals surface area (Å²) < 4.78 is 5.29. The highest BCUT2D eigenvalue weighted by molar-refractivity contribution is 5.85. The summed E-state index contributed by atoms with van der Waals surface area (Å²) in [7, 11) is 0. The average molecular weight is 308 g/mol. The Hall–Kier alpha value is -0.880. The molecule has 7 heteroatoms. The van der Waals surface area contributed by atoms with E-state index < -0.39 is 0 Å². The highest BCUT2D eigenvalue weighted by atomic mass is 35.5. The average Bonchev–Trinajstić information content (AvgIpc) is 2.39. The van der Waals surface area contributed by atoms with Crippen LogP contribution in [-0.2, 0) is 16.1 Å². The quantitative estimate of drug-likeness (QED) is 0.868. The second-order valence-corrected chi connectivity index (χ2v) is 4.03. The Bertz CT molecular complexity index is 359. The first-order valence-electron chi connectivity index (χ1n) is 5.82. The van der Waals surface area contributed by atoms with Gasteiger partial charge < -0.3 is 15.4 Å². The third kappa shape index (κ3) is 6.73. The van der Waals surface area contributed by atoms with Crippen LogP contribution in [-0.4, -0.2) is 36.7 Å². The van der Waals surface area contributed by atoms with Crippen LogP contribution in [0.1, 0.15) is 12.1 Å². The molecule has 5 nitrogen and oxygen atoms in total. The number of carbonyl (C=O) groups is 1. The summed E-state index contributed by atoms with van der Waals surface area (Å²) in [5.74, 6) is 0.0265. The lowest BCUT2D eigenvalue weighted by molar-refractivity contribution is -0.122. The molecule has 0 spiro atoms. The van der Waals surface area contributed by atoms with E-state index in [-0.39, 0.29) is 36.8 Å². The number of morpholine rings is 1. The van der Waals surface area contributed by atoms with Crippen LogP contribution in [0.5, 0.6) is 0 Å². The van der Waals surface area contributed by atoms with Crippen LogP contribution in [0.15, 0.2) is 24.4 Å². The van der Waals surface area contributed by atoms with Crippen LogP contribution in [0.2, 0.25) is 0 Å². The van der Waals surface area contributed by atoms with Gasteiger partial charge in [0.25, 0.3) is 0 Å². The molecule has 0 aromatic carbocycles. The van der Waals surface area contributed by atoms with E-state index in [4.69, 9.17) is 4.74 Å². The molecule has 2 heterocycles. The number of pyridine rings is 1. The van der Waals surface area contributed by atoms with Gasteiger partial charge in [-0.2, -0.15) is 0 Å². The molecule has 1 fully saturated rings. The van der Waals surface area contributed by atoms with Crippen molar-refractivity contribution in [2.24, 2.45) is 0 Å². The summed E-state index contributed by atoms with van der Waals surface area (Å²) >= 11 is 0. The Morgan fingerprint density at radius 3 is 2.95 bits per heavy atom. The van der Waals surface area contributed by atoms with Crippen molar-refractivity contribution in [1.29, 1.82) is 0 Å². The molecular formula is C12H19Cl2N3O2. The number of ether oxygens (including phenoxy) is 1. The second kappa shape index (κ2) is 9.97. The Balaban J connectivity index is 0.00000162. The predicted molar refractivity (Wildman–Crippen MR) is 77.8 cm³/mol. The maximum absolute atomic E-state index is 11.7. The number of amides is 1. The third-order valence-electron chi connectivity index (χ3n) is 2.62. The molecule has 2 rings (SSSR count). The predicted octanol–water partition coefficient (Wildman–Crippen LogP) is 0.920. The minimum atomic E-state index is 0. The lowest BCUT2D eigenvalue weighted by Crippen LogP contribution is -2.44. The zero-order valence-electron chi connectivity index (χ0n) is 10.5. The summed E-state index contributed by atoms with van der Waals surface area (Å²) in [5.41, 5.74) is 0.869. The zero-order valence-corrected chi connectivity index (χ0v) is 12.1. The van der Waals surface area contributed by atoms with E-state index in [1.165, 1.54) is 0 Å². The Kier molecular flexibility index (Phi) is 9.51. The van der Waals surface area contributed by atoms with E-state index in [2.05, 4.69) is 15.6 Å². The first-order valence-corrected chi connectivity index (χ1v) is 5.82. The number of nitrogens with zero attached hydrogens (tertiary/aromatic N) is 1. The molecule has 1 aliphatic rings. The molecule has 0 radical (unpaired) electrons. The number of aromatic nitrogens is 1. The van der Waals surface area contributed by atoms with Gasteiger partial charge in [-0.3, -0.25) is 9.78 Å². The Labute approximate surface area is 125 Å².